The number of nitrogens with one attached hydrogen (secondary N) is 1. The molecule has 118 valence electrons. The van der Waals surface area contributed by atoms with Gasteiger partial charge in [0.1, 0.15) is 14.9 Å². The number of amides is 1. The third-order valence-corrected chi connectivity index (χ3v) is 4.33. The standard InChI is InChI=1S/C14H22ClN3O2S/c1-14(2,3)20-13(19)18-6-4-10(5-7-18)16-9-12-17-8-11(15)21-12/h8,10,16H,4-7,9H2,1-3H3. The maximum absolute atomic E-state index is 12.0. The Morgan fingerprint density at radius 1 is 1.52 bits per heavy atom. The van der Waals surface area contributed by atoms with Crippen LogP contribution in [-0.4, -0.2) is 40.7 Å². The van der Waals surface area contributed by atoms with Crippen molar-refractivity contribution in [3.05, 3.63) is 15.5 Å². The molecule has 7 heteroatoms. The lowest BCUT2D eigenvalue weighted by Crippen LogP contribution is -2.46. The van der Waals surface area contributed by atoms with Crippen molar-refractivity contribution in [3.63, 3.8) is 0 Å². The molecule has 1 aromatic rings. The van der Waals surface area contributed by atoms with Gasteiger partial charge in [-0.25, -0.2) is 9.78 Å². The molecule has 0 aromatic carbocycles. The Morgan fingerprint density at radius 2 is 2.19 bits per heavy atom. The summed E-state index contributed by atoms with van der Waals surface area (Å²) in [4.78, 5) is 18.0. The summed E-state index contributed by atoms with van der Waals surface area (Å²) in [5.74, 6) is 0. The highest BCUT2D eigenvalue weighted by molar-refractivity contribution is 7.15. The molecule has 2 rings (SSSR count). The first-order valence-electron chi connectivity index (χ1n) is 7.15. The fourth-order valence-electron chi connectivity index (χ4n) is 2.19. The first kappa shape index (κ1) is 16.5. The number of hydrogen-bond donors (Lipinski definition) is 1. The summed E-state index contributed by atoms with van der Waals surface area (Å²) >= 11 is 7.35. The number of halogens is 1. The third kappa shape index (κ3) is 5.45. The summed E-state index contributed by atoms with van der Waals surface area (Å²) in [5, 5.41) is 4.46. The average molecular weight is 332 g/mol. The van der Waals surface area contributed by atoms with Gasteiger partial charge in [0.15, 0.2) is 0 Å². The highest BCUT2D eigenvalue weighted by Gasteiger charge is 2.26. The van der Waals surface area contributed by atoms with Gasteiger partial charge in [-0.1, -0.05) is 11.6 Å². The van der Waals surface area contributed by atoms with E-state index in [2.05, 4.69) is 10.3 Å². The van der Waals surface area contributed by atoms with Gasteiger partial charge in [-0.15, -0.1) is 11.3 Å². The molecule has 0 bridgehead atoms. The molecule has 0 saturated carbocycles. The third-order valence-electron chi connectivity index (χ3n) is 3.21. The fourth-order valence-corrected chi connectivity index (χ4v) is 3.10. The van der Waals surface area contributed by atoms with Gasteiger partial charge in [0, 0.05) is 25.7 Å². The Kier molecular flexibility index (Phi) is 5.46. The maximum atomic E-state index is 12.0. The summed E-state index contributed by atoms with van der Waals surface area (Å²) in [6.45, 7) is 7.85. The van der Waals surface area contributed by atoms with Crippen molar-refractivity contribution < 1.29 is 9.53 Å². The smallest absolute Gasteiger partial charge is 0.410 e. The van der Waals surface area contributed by atoms with Crippen LogP contribution in [-0.2, 0) is 11.3 Å². The van der Waals surface area contributed by atoms with Crippen LogP contribution in [0.25, 0.3) is 0 Å². The summed E-state index contributed by atoms with van der Waals surface area (Å²) < 4.78 is 6.10. The van der Waals surface area contributed by atoms with Gasteiger partial charge in [0.05, 0.1) is 6.20 Å². The van der Waals surface area contributed by atoms with Crippen molar-refractivity contribution in [2.45, 2.75) is 51.8 Å². The minimum atomic E-state index is -0.434. The van der Waals surface area contributed by atoms with Gasteiger partial charge in [-0.2, -0.15) is 0 Å². The largest absolute Gasteiger partial charge is 0.444 e. The number of carbonyl (C=O) groups excluding carboxylic acids is 1. The molecule has 1 fully saturated rings. The molecule has 0 spiro atoms. The number of rotatable bonds is 3. The monoisotopic (exact) mass is 331 g/mol. The topological polar surface area (TPSA) is 54.5 Å². The van der Waals surface area contributed by atoms with Crippen molar-refractivity contribution in [3.8, 4) is 0 Å². The summed E-state index contributed by atoms with van der Waals surface area (Å²) in [5.41, 5.74) is -0.434. The van der Waals surface area contributed by atoms with Crippen molar-refractivity contribution >= 4 is 29.0 Å². The zero-order valence-electron chi connectivity index (χ0n) is 12.7. The normalized spacial score (nSPS) is 17.0. The molecule has 0 radical (unpaired) electrons. The molecule has 1 aliphatic rings. The predicted octanol–water partition coefficient (Wildman–Crippen LogP) is 3.29. The van der Waals surface area contributed by atoms with Crippen molar-refractivity contribution in [1.29, 1.82) is 0 Å². The van der Waals surface area contributed by atoms with Crippen molar-refractivity contribution in [1.82, 2.24) is 15.2 Å². The van der Waals surface area contributed by atoms with E-state index in [0.717, 1.165) is 37.5 Å². The number of likely N-dealkylation sites (tertiary alicyclic amines) is 1. The highest BCUT2D eigenvalue weighted by Crippen LogP contribution is 2.19. The van der Waals surface area contributed by atoms with Gasteiger partial charge in [-0.05, 0) is 33.6 Å². The number of thiazole rings is 1. The van der Waals surface area contributed by atoms with Gasteiger partial charge in [0.2, 0.25) is 0 Å². The average Bonchev–Trinajstić information content (AvgIpc) is 2.81. The Bertz CT molecular complexity index is 479. The second-order valence-electron chi connectivity index (χ2n) is 6.18. The lowest BCUT2D eigenvalue weighted by atomic mass is 10.1. The second kappa shape index (κ2) is 6.94. The second-order valence-corrected chi connectivity index (χ2v) is 7.93. The Hall–Kier alpha value is -0.850. The van der Waals surface area contributed by atoms with E-state index >= 15 is 0 Å². The Morgan fingerprint density at radius 3 is 2.71 bits per heavy atom. The number of ether oxygens (including phenoxy) is 1. The molecule has 1 saturated heterocycles. The molecule has 1 N–H and O–H groups in total. The van der Waals surface area contributed by atoms with E-state index < -0.39 is 5.60 Å². The van der Waals surface area contributed by atoms with Crippen LogP contribution in [0.4, 0.5) is 4.79 Å². The van der Waals surface area contributed by atoms with Gasteiger partial charge in [-0.3, -0.25) is 0 Å². The van der Waals surface area contributed by atoms with Crippen LogP contribution in [0.1, 0.15) is 38.6 Å². The molecule has 0 atom stereocenters. The molecule has 1 aliphatic heterocycles. The van der Waals surface area contributed by atoms with E-state index in [9.17, 15) is 4.79 Å². The zero-order valence-corrected chi connectivity index (χ0v) is 14.3. The number of aromatic nitrogens is 1. The van der Waals surface area contributed by atoms with Crippen LogP contribution in [0.3, 0.4) is 0 Å². The first-order chi connectivity index (χ1) is 9.83. The van der Waals surface area contributed by atoms with Crippen LogP contribution < -0.4 is 5.32 Å². The number of hydrogen-bond acceptors (Lipinski definition) is 5. The molecular formula is C14H22ClN3O2S. The van der Waals surface area contributed by atoms with Crippen LogP contribution in [0.2, 0.25) is 4.34 Å². The van der Waals surface area contributed by atoms with E-state index in [1.165, 1.54) is 11.3 Å². The van der Waals surface area contributed by atoms with Crippen molar-refractivity contribution in [2.75, 3.05) is 13.1 Å². The minimum Gasteiger partial charge on any atom is -0.444 e. The number of piperidine rings is 1. The minimum absolute atomic E-state index is 0.215. The lowest BCUT2D eigenvalue weighted by Gasteiger charge is -2.33. The molecule has 21 heavy (non-hydrogen) atoms. The van der Waals surface area contributed by atoms with Crippen LogP contribution in [0.15, 0.2) is 6.20 Å². The molecular weight excluding hydrogens is 310 g/mol. The quantitative estimate of drug-likeness (QED) is 0.923. The van der Waals surface area contributed by atoms with Crippen LogP contribution in [0, 0.1) is 0 Å². The van der Waals surface area contributed by atoms with Crippen LogP contribution in [0.5, 0.6) is 0 Å². The van der Waals surface area contributed by atoms with E-state index in [1.54, 1.807) is 11.1 Å². The van der Waals surface area contributed by atoms with Gasteiger partial charge in [0.25, 0.3) is 0 Å². The first-order valence-corrected chi connectivity index (χ1v) is 8.34. The molecule has 0 aliphatic carbocycles. The summed E-state index contributed by atoms with van der Waals surface area (Å²) in [7, 11) is 0. The van der Waals surface area contributed by atoms with Crippen molar-refractivity contribution in [2.24, 2.45) is 0 Å². The molecule has 5 nitrogen and oxygen atoms in total. The fraction of sp³-hybridized carbons (Fsp3) is 0.714. The molecule has 0 unspecified atom stereocenters. The maximum Gasteiger partial charge on any atom is 0.410 e. The lowest BCUT2D eigenvalue weighted by molar-refractivity contribution is 0.0198. The van der Waals surface area contributed by atoms with Crippen LogP contribution >= 0.6 is 22.9 Å². The predicted molar refractivity (Wildman–Crippen MR) is 84.8 cm³/mol. The zero-order chi connectivity index (χ0) is 15.5. The summed E-state index contributed by atoms with van der Waals surface area (Å²) in [6.07, 6.45) is 3.32. The number of nitrogens with zero attached hydrogens (tertiary/aromatic N) is 2. The number of carbonyl (C=O) groups is 1. The van der Waals surface area contributed by atoms with E-state index in [1.807, 2.05) is 20.8 Å². The molecule has 1 amide bonds. The highest BCUT2D eigenvalue weighted by atomic mass is 35.5. The van der Waals surface area contributed by atoms with Gasteiger partial charge < -0.3 is 15.0 Å². The van der Waals surface area contributed by atoms with E-state index in [-0.39, 0.29) is 6.09 Å². The Labute approximate surface area is 134 Å². The summed E-state index contributed by atoms with van der Waals surface area (Å²) in [6, 6.07) is 0.409. The van der Waals surface area contributed by atoms with Gasteiger partial charge >= 0.3 is 6.09 Å². The molecule has 1 aromatic heterocycles. The van der Waals surface area contributed by atoms with E-state index in [0.29, 0.717) is 10.4 Å². The molecule has 2 heterocycles. The Balaban J connectivity index is 1.72. The SMILES string of the molecule is CC(C)(C)OC(=O)N1CCC(NCc2ncc(Cl)s2)CC1. The van der Waals surface area contributed by atoms with E-state index in [4.69, 9.17) is 16.3 Å².